The van der Waals surface area contributed by atoms with Gasteiger partial charge in [-0.25, -0.2) is 0 Å². The van der Waals surface area contributed by atoms with Crippen molar-refractivity contribution in [2.45, 2.75) is 81.6 Å². The number of ketones is 4. The molecule has 2 amide bonds. The van der Waals surface area contributed by atoms with Crippen LogP contribution in [-0.4, -0.2) is 127 Å². The maximum absolute atomic E-state index is 14.4. The minimum atomic E-state index is -2.91. The van der Waals surface area contributed by atoms with E-state index in [1.165, 1.54) is 44.1 Å². The van der Waals surface area contributed by atoms with E-state index in [1.807, 2.05) is 0 Å². The lowest BCUT2D eigenvalue weighted by Crippen LogP contribution is -2.72. The number of hydrogen-bond acceptors (Lipinski definition) is 16. The number of phenolic OH excluding ortho intramolecular Hbond substituents is 2. The predicted molar refractivity (Wildman–Crippen MR) is 247 cm³/mol. The molecule has 0 aliphatic heterocycles. The average Bonchev–Trinajstić information content (AvgIpc) is 3.27. The molecule has 0 heterocycles. The molecule has 6 aliphatic carbocycles. The normalized spacial score (nSPS) is 29.1. The van der Waals surface area contributed by atoms with E-state index in [-0.39, 0.29) is 59.5 Å². The molecular formula is C51H51N5O13. The van der Waals surface area contributed by atoms with Crippen molar-refractivity contribution in [3.63, 3.8) is 0 Å². The van der Waals surface area contributed by atoms with Crippen LogP contribution < -0.4 is 11.5 Å². The van der Waals surface area contributed by atoms with Gasteiger partial charge in [0.15, 0.2) is 11.2 Å². The molecule has 0 radical (unpaired) electrons. The van der Waals surface area contributed by atoms with Gasteiger partial charge in [-0.2, -0.15) is 0 Å². The lowest BCUT2D eigenvalue weighted by Gasteiger charge is -2.56. The van der Waals surface area contributed by atoms with Crippen molar-refractivity contribution >= 4 is 46.5 Å². The fourth-order valence-electron chi connectivity index (χ4n) is 12.0. The lowest BCUT2D eigenvalue weighted by atomic mass is 9.49. The largest absolute Gasteiger partial charge is 0.507 e. The zero-order valence-corrected chi connectivity index (χ0v) is 38.5. The number of carbonyl (C=O) groups excluding carboxylic acids is 6. The summed E-state index contributed by atoms with van der Waals surface area (Å²) in [5, 5.41) is 72.0. The first kappa shape index (κ1) is 48.2. The highest BCUT2D eigenvalue weighted by atomic mass is 16.3. The molecule has 18 nitrogen and oxygen atoms in total. The number of nitrogens with zero attached hydrogens (tertiary/aromatic N) is 3. The van der Waals surface area contributed by atoms with E-state index in [2.05, 4.69) is 28.9 Å². The molecule has 2 aromatic rings. The highest BCUT2D eigenvalue weighted by molar-refractivity contribution is 6.34. The predicted octanol–water partition coefficient (Wildman–Crippen LogP) is 1.92. The lowest BCUT2D eigenvalue weighted by molar-refractivity contribution is -0.175. The van der Waals surface area contributed by atoms with E-state index in [4.69, 9.17) is 11.5 Å². The van der Waals surface area contributed by atoms with E-state index in [0.717, 1.165) is 0 Å². The summed E-state index contributed by atoms with van der Waals surface area (Å²) in [4.78, 5) is 95.8. The van der Waals surface area contributed by atoms with Crippen molar-refractivity contribution in [3.8, 4) is 35.2 Å². The summed E-state index contributed by atoms with van der Waals surface area (Å²) >= 11 is 0. The van der Waals surface area contributed by atoms with Crippen LogP contribution in [0.1, 0.15) is 78.8 Å². The fraction of sp³-hybridized carbons (Fsp3) is 0.412. The van der Waals surface area contributed by atoms with Gasteiger partial charge in [-0.05, 0) is 119 Å². The Morgan fingerprint density at radius 1 is 0.739 bits per heavy atom. The van der Waals surface area contributed by atoms with Gasteiger partial charge >= 0.3 is 0 Å². The first-order chi connectivity index (χ1) is 32.5. The van der Waals surface area contributed by atoms with Crippen LogP contribution in [0.5, 0.6) is 11.5 Å². The molecule has 8 atom stereocenters. The van der Waals surface area contributed by atoms with Crippen molar-refractivity contribution in [1.82, 2.24) is 9.80 Å². The van der Waals surface area contributed by atoms with E-state index in [9.17, 15) is 64.3 Å². The molecule has 2 aromatic carbocycles. The van der Waals surface area contributed by atoms with Crippen molar-refractivity contribution < 1.29 is 59.4 Å². The van der Waals surface area contributed by atoms with Gasteiger partial charge in [0.25, 0.3) is 11.8 Å². The Balaban J connectivity index is 0.991. The SMILES string of the molecule is CN(C)[C@@H]1C=C(C(N)=O)C(=O)[C@@]2(O)C(=O)C3=C(O)c4c(O)ccc(C#CCCCCC#Cc5ccc(O)c6c5C[C@H]5C[C@@]7(C)[C@H](N(C)C)C(N=O)=C(C(N)=O)C(=O)[C@@]7(O)C(=O)C5=C6O)c4C[C@H]3C[C@@H]12. The molecule has 69 heavy (non-hydrogen) atoms. The highest BCUT2D eigenvalue weighted by Gasteiger charge is 2.71. The van der Waals surface area contributed by atoms with Gasteiger partial charge in [-0.1, -0.05) is 36.7 Å². The van der Waals surface area contributed by atoms with E-state index in [0.29, 0.717) is 47.9 Å². The quantitative estimate of drug-likeness (QED) is 0.0617. The van der Waals surface area contributed by atoms with Gasteiger partial charge in [0.2, 0.25) is 23.1 Å². The molecule has 8 rings (SSSR count). The molecule has 2 saturated carbocycles. The van der Waals surface area contributed by atoms with Crippen molar-refractivity contribution in [3.05, 3.63) is 96.6 Å². The van der Waals surface area contributed by atoms with Crippen molar-refractivity contribution in [2.24, 2.45) is 39.8 Å². The molecule has 6 aliphatic rings. The monoisotopic (exact) mass is 941 g/mol. The number of phenols is 2. The van der Waals surface area contributed by atoms with Gasteiger partial charge in [-0.3, -0.25) is 28.8 Å². The summed E-state index contributed by atoms with van der Waals surface area (Å²) in [7, 11) is 6.43. The Labute approximate surface area is 396 Å². The first-order valence-corrected chi connectivity index (χ1v) is 22.4. The minimum absolute atomic E-state index is 0.0267. The van der Waals surface area contributed by atoms with Crippen LogP contribution in [0, 0.1) is 51.8 Å². The third-order valence-corrected chi connectivity index (χ3v) is 15.1. The van der Waals surface area contributed by atoms with Crippen molar-refractivity contribution in [1.29, 1.82) is 0 Å². The van der Waals surface area contributed by atoms with Crippen molar-refractivity contribution in [2.75, 3.05) is 28.2 Å². The van der Waals surface area contributed by atoms with E-state index < -0.39 is 110 Å². The first-order valence-electron chi connectivity index (χ1n) is 22.4. The second-order valence-corrected chi connectivity index (χ2v) is 19.3. The topological polar surface area (TPSA) is 312 Å². The summed E-state index contributed by atoms with van der Waals surface area (Å²) in [6.07, 6.45) is 3.67. The van der Waals surface area contributed by atoms with Gasteiger partial charge < -0.3 is 51.9 Å². The molecule has 0 saturated heterocycles. The summed E-state index contributed by atoms with van der Waals surface area (Å²) in [5.74, 6) is 1.03. The third kappa shape index (κ3) is 6.95. The number of aliphatic hydroxyl groups is 4. The fourth-order valence-corrected chi connectivity index (χ4v) is 12.0. The number of unbranched alkanes of at least 4 members (excludes halogenated alkanes) is 3. The number of hydrogen-bond donors (Lipinski definition) is 8. The van der Waals surface area contributed by atoms with Gasteiger partial charge in [0, 0.05) is 52.5 Å². The average molecular weight is 942 g/mol. The number of nitroso groups, excluding NO2 is 1. The number of rotatable bonds is 8. The number of nitrogens with two attached hydrogens (primary N) is 2. The summed E-state index contributed by atoms with van der Waals surface area (Å²) < 4.78 is 0. The number of aromatic hydroxyl groups is 2. The van der Waals surface area contributed by atoms with Crippen LogP contribution in [0.15, 0.2) is 63.5 Å². The molecular weight excluding hydrogens is 891 g/mol. The maximum atomic E-state index is 14.4. The molecule has 18 heteroatoms. The number of fused-ring (bicyclic) bond motifs is 6. The molecule has 2 fully saturated rings. The highest BCUT2D eigenvalue weighted by Crippen LogP contribution is 2.59. The number of Topliss-reactive ketones (excluding diaryl/α,β-unsaturated/α-hetero) is 4. The van der Waals surface area contributed by atoms with Crippen LogP contribution in [-0.2, 0) is 41.6 Å². The number of primary amides is 2. The Kier molecular flexibility index (Phi) is 11.9. The van der Waals surface area contributed by atoms with Crippen LogP contribution in [0.3, 0.4) is 0 Å². The summed E-state index contributed by atoms with van der Waals surface area (Å²) in [6.45, 7) is 1.45. The van der Waals surface area contributed by atoms with Gasteiger partial charge in [0.05, 0.1) is 22.7 Å². The molecule has 358 valence electrons. The number of amides is 2. The second kappa shape index (κ2) is 17.1. The zero-order valence-electron chi connectivity index (χ0n) is 38.5. The molecule has 0 unspecified atom stereocenters. The Bertz CT molecular complexity index is 3010. The zero-order chi connectivity index (χ0) is 50.4. The second-order valence-electron chi connectivity index (χ2n) is 19.3. The van der Waals surface area contributed by atoms with Crippen LogP contribution in [0.4, 0.5) is 0 Å². The maximum Gasteiger partial charge on any atom is 0.254 e. The molecule has 10 N–H and O–H groups in total. The number of likely N-dealkylation sites (N-methyl/N-ethyl adjacent to an activating group) is 2. The minimum Gasteiger partial charge on any atom is -0.507 e. The van der Waals surface area contributed by atoms with Crippen LogP contribution in [0.25, 0.3) is 11.5 Å². The van der Waals surface area contributed by atoms with Crippen LogP contribution in [0.2, 0.25) is 0 Å². The molecule has 0 bridgehead atoms. The standard InChI is InChI=1S/C51H51N5O13/c1-49-22-26-19-28-24(15-17-33(58)37(28)41(60)35(26)45(63)51(49,68)46(64)38(48(53)66)39(54-69)42(49)56(4)5)13-11-9-7-6-8-10-12-23-14-16-32(57)36-27(23)18-25-20-30-31(55(2)3)21-29(47(52)65)43(61)50(30,67)44(62)34(25)40(36)59/h14-17,21,25-26,30-31,42,57-60,67-68H,6-9,18-20,22H2,1-5H3,(H2,52,65)(H2,53,66)/t25-,26-,30-,31+,42+,49-,50+,51-/m0/s1. The Hall–Kier alpha value is -7.22. The number of carbonyl (C=O) groups is 6. The Morgan fingerprint density at radius 3 is 1.74 bits per heavy atom. The summed E-state index contributed by atoms with van der Waals surface area (Å²) in [6, 6.07) is 3.93. The third-order valence-electron chi connectivity index (χ3n) is 15.1. The van der Waals surface area contributed by atoms with Gasteiger partial charge in [-0.15, -0.1) is 4.91 Å². The molecule has 0 spiro atoms. The van der Waals surface area contributed by atoms with Gasteiger partial charge in [0.1, 0.15) is 34.3 Å². The molecule has 0 aromatic heterocycles. The van der Waals surface area contributed by atoms with E-state index >= 15 is 0 Å². The van der Waals surface area contributed by atoms with Crippen LogP contribution >= 0.6 is 0 Å². The summed E-state index contributed by atoms with van der Waals surface area (Å²) in [5.41, 5.74) is 3.06. The number of aliphatic hydroxyl groups excluding tert-OH is 2. The smallest absolute Gasteiger partial charge is 0.254 e. The van der Waals surface area contributed by atoms with E-state index in [1.54, 1.807) is 31.1 Å². The Morgan fingerprint density at radius 2 is 1.26 bits per heavy atom. The number of benzene rings is 2.